The second kappa shape index (κ2) is 9.02. The van der Waals surface area contributed by atoms with Crippen LogP contribution in [0, 0.1) is 0 Å². The van der Waals surface area contributed by atoms with Crippen LogP contribution in [-0.4, -0.2) is 62.4 Å². The van der Waals surface area contributed by atoms with E-state index in [1.54, 1.807) is 27.0 Å². The first-order chi connectivity index (χ1) is 11.6. The minimum absolute atomic E-state index is 0.305. The summed E-state index contributed by atoms with van der Waals surface area (Å²) in [4.78, 5) is 41.6. The molecule has 0 saturated carbocycles. The molecule has 1 aromatic heterocycles. The van der Waals surface area contributed by atoms with Crippen molar-refractivity contribution in [2.75, 3.05) is 6.61 Å². The standard InChI is InChI=1S/C15H24N4O6/c1-15(2,3)25-14(24)19-11(13(22)23)5-12(21)18-10(7-20)4-9-6-16-8-17-9/h6,8,10-11,20H,4-5,7H2,1-3H3,(H,16,17)(H,18,21)(H,19,24)(H,22,23)/t10-,11+/m0/s1. The smallest absolute Gasteiger partial charge is 0.408 e. The molecule has 1 rings (SSSR count). The first-order valence-electron chi connectivity index (χ1n) is 7.70. The summed E-state index contributed by atoms with van der Waals surface area (Å²) in [5.74, 6) is -1.99. The zero-order valence-corrected chi connectivity index (χ0v) is 14.4. The maximum absolute atomic E-state index is 12.0. The van der Waals surface area contributed by atoms with Gasteiger partial charge in [0.15, 0.2) is 0 Å². The molecule has 140 valence electrons. The van der Waals surface area contributed by atoms with Gasteiger partial charge in [0.25, 0.3) is 0 Å². The third kappa shape index (κ3) is 8.15. The number of nitrogens with one attached hydrogen (secondary N) is 3. The number of amides is 2. The number of aliphatic carboxylic acids is 1. The van der Waals surface area contributed by atoms with E-state index in [2.05, 4.69) is 20.6 Å². The average molecular weight is 356 g/mol. The van der Waals surface area contributed by atoms with E-state index in [1.807, 2.05) is 0 Å². The summed E-state index contributed by atoms with van der Waals surface area (Å²) in [6, 6.07) is -2.05. The fourth-order valence-corrected chi connectivity index (χ4v) is 1.94. The number of aromatic amines is 1. The summed E-state index contributed by atoms with van der Waals surface area (Å²) < 4.78 is 4.98. The monoisotopic (exact) mass is 356 g/mol. The normalized spacial score (nSPS) is 13.6. The van der Waals surface area contributed by atoms with Crippen LogP contribution in [-0.2, 0) is 20.7 Å². The van der Waals surface area contributed by atoms with E-state index >= 15 is 0 Å². The Kier molecular flexibility index (Phi) is 7.37. The molecule has 0 aliphatic heterocycles. The topological polar surface area (TPSA) is 154 Å². The molecule has 25 heavy (non-hydrogen) atoms. The van der Waals surface area contributed by atoms with Crippen LogP contribution in [0.15, 0.2) is 12.5 Å². The number of carboxylic acids is 1. The van der Waals surface area contributed by atoms with E-state index in [0.29, 0.717) is 12.1 Å². The highest BCUT2D eigenvalue weighted by Gasteiger charge is 2.27. The molecule has 0 radical (unpaired) electrons. The molecular weight excluding hydrogens is 332 g/mol. The Morgan fingerprint density at radius 3 is 2.48 bits per heavy atom. The minimum atomic E-state index is -1.44. The summed E-state index contributed by atoms with van der Waals surface area (Å²) in [5, 5.41) is 23.2. The maximum atomic E-state index is 12.0. The molecule has 1 heterocycles. The Bertz CT molecular complexity index is 581. The predicted octanol–water partition coefficient (Wildman–Crippen LogP) is -0.203. The number of H-pyrrole nitrogens is 1. The molecular formula is C15H24N4O6. The number of carbonyl (C=O) groups is 3. The first kappa shape index (κ1) is 20.4. The SMILES string of the molecule is CC(C)(C)OC(=O)N[C@H](CC(=O)N[C@H](CO)Cc1cnc[nH]1)C(=O)O. The number of aromatic nitrogens is 2. The highest BCUT2D eigenvalue weighted by Crippen LogP contribution is 2.07. The molecule has 10 nitrogen and oxygen atoms in total. The number of imidazole rings is 1. The van der Waals surface area contributed by atoms with E-state index in [9.17, 15) is 19.5 Å². The number of hydrogen-bond acceptors (Lipinski definition) is 6. The first-order valence-corrected chi connectivity index (χ1v) is 7.70. The Hall–Kier alpha value is -2.62. The van der Waals surface area contributed by atoms with Crippen molar-refractivity contribution < 1.29 is 29.3 Å². The van der Waals surface area contributed by atoms with Crippen molar-refractivity contribution in [3.8, 4) is 0 Å². The van der Waals surface area contributed by atoms with Crippen LogP contribution in [0.4, 0.5) is 4.79 Å². The quantitative estimate of drug-likeness (QED) is 0.432. The maximum Gasteiger partial charge on any atom is 0.408 e. The van der Waals surface area contributed by atoms with Crippen molar-refractivity contribution in [3.05, 3.63) is 18.2 Å². The number of carbonyl (C=O) groups excluding carboxylic acids is 2. The highest BCUT2D eigenvalue weighted by molar-refractivity contribution is 5.87. The van der Waals surface area contributed by atoms with Gasteiger partial charge in [-0.1, -0.05) is 0 Å². The zero-order chi connectivity index (χ0) is 19.0. The number of aliphatic hydroxyl groups excluding tert-OH is 1. The van der Waals surface area contributed by atoms with Crippen molar-refractivity contribution in [1.29, 1.82) is 0 Å². The third-order valence-electron chi connectivity index (χ3n) is 2.99. The van der Waals surface area contributed by atoms with Crippen LogP contribution in [0.1, 0.15) is 32.9 Å². The Morgan fingerprint density at radius 2 is 2.00 bits per heavy atom. The Labute approximate surface area is 145 Å². The zero-order valence-electron chi connectivity index (χ0n) is 14.4. The summed E-state index contributed by atoms with van der Waals surface area (Å²) >= 11 is 0. The van der Waals surface area contributed by atoms with Crippen molar-refractivity contribution in [3.63, 3.8) is 0 Å². The fourth-order valence-electron chi connectivity index (χ4n) is 1.94. The predicted molar refractivity (Wildman–Crippen MR) is 86.7 cm³/mol. The fraction of sp³-hybridized carbons (Fsp3) is 0.600. The van der Waals surface area contributed by atoms with E-state index in [0.717, 1.165) is 0 Å². The number of carboxylic acid groups (broad SMARTS) is 1. The van der Waals surface area contributed by atoms with Gasteiger partial charge in [-0.05, 0) is 20.8 Å². The number of aliphatic hydroxyl groups is 1. The summed E-state index contributed by atoms with van der Waals surface area (Å²) in [5.41, 5.74) is -0.0809. The van der Waals surface area contributed by atoms with Crippen LogP contribution in [0.3, 0.4) is 0 Å². The Balaban J connectivity index is 2.57. The number of hydrogen-bond donors (Lipinski definition) is 5. The van der Waals surface area contributed by atoms with E-state index in [4.69, 9.17) is 9.84 Å². The average Bonchev–Trinajstić information content (AvgIpc) is 2.96. The van der Waals surface area contributed by atoms with Crippen molar-refractivity contribution in [2.24, 2.45) is 0 Å². The molecule has 0 bridgehead atoms. The van der Waals surface area contributed by atoms with Crippen molar-refractivity contribution >= 4 is 18.0 Å². The molecule has 10 heteroatoms. The lowest BCUT2D eigenvalue weighted by molar-refractivity contribution is -0.141. The van der Waals surface area contributed by atoms with E-state index < -0.39 is 42.1 Å². The van der Waals surface area contributed by atoms with Gasteiger partial charge in [-0.3, -0.25) is 4.79 Å². The Morgan fingerprint density at radius 1 is 1.32 bits per heavy atom. The molecule has 2 atom stereocenters. The van der Waals surface area contributed by atoms with Gasteiger partial charge in [0.1, 0.15) is 11.6 Å². The van der Waals surface area contributed by atoms with Crippen LogP contribution in [0.2, 0.25) is 0 Å². The number of rotatable bonds is 8. The number of nitrogens with zero attached hydrogens (tertiary/aromatic N) is 1. The number of ether oxygens (including phenoxy) is 1. The van der Waals surface area contributed by atoms with Crippen LogP contribution < -0.4 is 10.6 Å². The van der Waals surface area contributed by atoms with Gasteiger partial charge in [-0.2, -0.15) is 0 Å². The molecule has 0 aliphatic rings. The molecule has 0 spiro atoms. The third-order valence-corrected chi connectivity index (χ3v) is 2.99. The molecule has 0 aliphatic carbocycles. The van der Waals surface area contributed by atoms with Gasteiger partial charge in [-0.25, -0.2) is 14.6 Å². The van der Waals surface area contributed by atoms with Gasteiger partial charge < -0.3 is 30.6 Å². The minimum Gasteiger partial charge on any atom is -0.480 e. The van der Waals surface area contributed by atoms with Gasteiger partial charge in [-0.15, -0.1) is 0 Å². The molecule has 0 fully saturated rings. The van der Waals surface area contributed by atoms with Crippen LogP contribution >= 0.6 is 0 Å². The van der Waals surface area contributed by atoms with Crippen LogP contribution in [0.25, 0.3) is 0 Å². The molecule has 2 amide bonds. The van der Waals surface area contributed by atoms with Gasteiger partial charge in [0.05, 0.1) is 25.4 Å². The lowest BCUT2D eigenvalue weighted by Gasteiger charge is -2.22. The lowest BCUT2D eigenvalue weighted by atomic mass is 10.1. The summed E-state index contributed by atoms with van der Waals surface area (Å²) in [6.45, 7) is 4.57. The second-order valence-corrected chi connectivity index (χ2v) is 6.47. The summed E-state index contributed by atoms with van der Waals surface area (Å²) in [7, 11) is 0. The molecule has 0 saturated heterocycles. The van der Waals surface area contributed by atoms with Gasteiger partial charge >= 0.3 is 12.1 Å². The molecule has 0 unspecified atom stereocenters. The van der Waals surface area contributed by atoms with Crippen molar-refractivity contribution in [2.45, 2.75) is 51.3 Å². The van der Waals surface area contributed by atoms with Crippen molar-refractivity contribution in [1.82, 2.24) is 20.6 Å². The van der Waals surface area contributed by atoms with Gasteiger partial charge in [0.2, 0.25) is 5.91 Å². The second-order valence-electron chi connectivity index (χ2n) is 6.47. The number of alkyl carbamates (subject to hydrolysis) is 1. The molecule has 1 aromatic rings. The van der Waals surface area contributed by atoms with Crippen LogP contribution in [0.5, 0.6) is 0 Å². The molecule has 0 aromatic carbocycles. The van der Waals surface area contributed by atoms with Gasteiger partial charge in [0, 0.05) is 18.3 Å². The lowest BCUT2D eigenvalue weighted by Crippen LogP contribution is -2.48. The van der Waals surface area contributed by atoms with E-state index in [1.165, 1.54) is 6.33 Å². The molecule has 5 N–H and O–H groups in total. The van der Waals surface area contributed by atoms with E-state index in [-0.39, 0.29) is 6.61 Å². The largest absolute Gasteiger partial charge is 0.480 e. The summed E-state index contributed by atoms with van der Waals surface area (Å²) in [6.07, 6.45) is 1.91. The highest BCUT2D eigenvalue weighted by atomic mass is 16.6.